The van der Waals surface area contributed by atoms with E-state index in [1.54, 1.807) is 0 Å². The second-order valence-corrected chi connectivity index (χ2v) is 6.33. The van der Waals surface area contributed by atoms with Gasteiger partial charge in [-0.05, 0) is 62.9 Å². The van der Waals surface area contributed by atoms with Gasteiger partial charge in [0.05, 0.1) is 14.0 Å². The van der Waals surface area contributed by atoms with Gasteiger partial charge >= 0.3 is 0 Å². The first-order valence-corrected chi connectivity index (χ1v) is 7.65. The highest BCUT2D eigenvalue weighted by atomic mass is 79.9. The molecule has 0 aromatic heterocycles. The first kappa shape index (κ1) is 16.3. The molecule has 1 aromatic rings. The summed E-state index contributed by atoms with van der Waals surface area (Å²) in [5, 5.41) is 0.440. The van der Waals surface area contributed by atoms with Gasteiger partial charge in [0.1, 0.15) is 12.4 Å². The van der Waals surface area contributed by atoms with Crippen molar-refractivity contribution in [3.05, 3.63) is 37.2 Å². The maximum atomic E-state index is 5.78. The van der Waals surface area contributed by atoms with E-state index in [2.05, 4.69) is 31.9 Å². The smallest absolute Gasteiger partial charge is 0.148 e. The molecule has 1 unspecified atom stereocenters. The van der Waals surface area contributed by atoms with Gasteiger partial charge in [-0.15, -0.1) is 0 Å². The molecule has 1 atom stereocenters. The van der Waals surface area contributed by atoms with Crippen LogP contribution in [0.15, 0.2) is 31.6 Å². The molecule has 0 aliphatic rings. The van der Waals surface area contributed by atoms with Crippen LogP contribution in [0.3, 0.4) is 0 Å². The van der Waals surface area contributed by atoms with Crippen molar-refractivity contribution in [1.82, 2.24) is 0 Å². The Labute approximate surface area is 134 Å². The Bertz CT molecular complexity index is 427. The number of benzene rings is 1. The molecule has 2 nitrogen and oxygen atoms in total. The normalized spacial score (nSPS) is 13.6. The number of rotatable bonds is 5. The predicted molar refractivity (Wildman–Crippen MR) is 84.5 cm³/mol. The Morgan fingerprint density at radius 3 is 2.44 bits per heavy atom. The van der Waals surface area contributed by atoms with E-state index in [-0.39, 0.29) is 12.6 Å². The van der Waals surface area contributed by atoms with Crippen LogP contribution in [0.4, 0.5) is 0 Å². The molecule has 0 heterocycles. The number of halogens is 4. The van der Waals surface area contributed by atoms with Crippen LogP contribution < -0.4 is 10.5 Å². The largest absolute Gasteiger partial charge is 0.486 e. The van der Waals surface area contributed by atoms with Gasteiger partial charge in [-0.25, -0.2) is 0 Å². The van der Waals surface area contributed by atoms with Crippen LogP contribution in [0.5, 0.6) is 5.75 Å². The average Bonchev–Trinajstić information content (AvgIpc) is 2.26. The third-order valence-corrected chi connectivity index (χ3v) is 3.86. The SMILES string of the molecule is CC(N)Cc1cc(Br)c(OC/C(Cl)=C/Cl)c(Br)c1. The van der Waals surface area contributed by atoms with Gasteiger partial charge in [0.2, 0.25) is 0 Å². The van der Waals surface area contributed by atoms with Crippen LogP contribution in [-0.2, 0) is 6.42 Å². The van der Waals surface area contributed by atoms with Crippen LogP contribution in [0.1, 0.15) is 12.5 Å². The minimum atomic E-state index is 0.115. The number of hydrogen-bond donors (Lipinski definition) is 1. The highest BCUT2D eigenvalue weighted by Crippen LogP contribution is 2.35. The van der Waals surface area contributed by atoms with Crippen molar-refractivity contribution in [2.45, 2.75) is 19.4 Å². The van der Waals surface area contributed by atoms with Crippen molar-refractivity contribution in [2.24, 2.45) is 5.73 Å². The molecule has 100 valence electrons. The lowest BCUT2D eigenvalue weighted by Gasteiger charge is -2.13. The van der Waals surface area contributed by atoms with Crippen molar-refractivity contribution >= 4 is 55.1 Å². The highest BCUT2D eigenvalue weighted by molar-refractivity contribution is 9.11. The van der Waals surface area contributed by atoms with Gasteiger partial charge < -0.3 is 10.5 Å². The van der Waals surface area contributed by atoms with Gasteiger partial charge in [0.25, 0.3) is 0 Å². The lowest BCUT2D eigenvalue weighted by molar-refractivity contribution is 0.354. The summed E-state index contributed by atoms with van der Waals surface area (Å²) in [5.41, 5.74) is 8.20. The zero-order valence-corrected chi connectivity index (χ0v) is 14.4. The summed E-state index contributed by atoms with van der Waals surface area (Å²) in [7, 11) is 0. The first-order chi connectivity index (χ1) is 8.43. The van der Waals surface area contributed by atoms with Crippen molar-refractivity contribution in [3.63, 3.8) is 0 Å². The lowest BCUT2D eigenvalue weighted by Crippen LogP contribution is -2.17. The third-order valence-electron chi connectivity index (χ3n) is 2.09. The van der Waals surface area contributed by atoms with E-state index in [1.807, 2.05) is 19.1 Å². The molecule has 1 rings (SSSR count). The first-order valence-electron chi connectivity index (χ1n) is 5.25. The van der Waals surface area contributed by atoms with Crippen LogP contribution in [-0.4, -0.2) is 12.6 Å². The molecule has 0 saturated heterocycles. The maximum Gasteiger partial charge on any atom is 0.148 e. The molecule has 0 spiro atoms. The van der Waals surface area contributed by atoms with Crippen LogP contribution in [0.25, 0.3) is 0 Å². The molecule has 1 aromatic carbocycles. The second-order valence-electron chi connectivity index (χ2n) is 3.91. The molecule has 2 N–H and O–H groups in total. The van der Waals surface area contributed by atoms with E-state index in [1.165, 1.54) is 5.54 Å². The molecule has 6 heteroatoms. The van der Waals surface area contributed by atoms with Gasteiger partial charge in [-0.3, -0.25) is 0 Å². The Morgan fingerprint density at radius 2 is 2.00 bits per heavy atom. The molecular formula is C12H13Br2Cl2NO. The van der Waals surface area contributed by atoms with Gasteiger partial charge in [-0.1, -0.05) is 23.2 Å². The van der Waals surface area contributed by atoms with Crippen LogP contribution in [0.2, 0.25) is 0 Å². The number of hydrogen-bond acceptors (Lipinski definition) is 2. The predicted octanol–water partition coefficient (Wildman–Crippen LogP) is 4.80. The van der Waals surface area contributed by atoms with Crippen LogP contribution in [0, 0.1) is 0 Å². The lowest BCUT2D eigenvalue weighted by atomic mass is 10.1. The fourth-order valence-corrected chi connectivity index (χ4v) is 3.04. The van der Waals surface area contributed by atoms with Gasteiger partial charge in [0.15, 0.2) is 0 Å². The third kappa shape index (κ3) is 5.10. The van der Waals surface area contributed by atoms with E-state index in [9.17, 15) is 0 Å². The molecule has 0 aliphatic carbocycles. The van der Waals surface area contributed by atoms with Crippen molar-refractivity contribution in [3.8, 4) is 5.75 Å². The molecule has 0 aliphatic heterocycles. The molecule has 18 heavy (non-hydrogen) atoms. The summed E-state index contributed by atoms with van der Waals surface area (Å²) in [6, 6.07) is 4.09. The Morgan fingerprint density at radius 1 is 1.44 bits per heavy atom. The van der Waals surface area contributed by atoms with Crippen molar-refractivity contribution < 1.29 is 4.74 Å². The molecule has 0 fully saturated rings. The Hall–Kier alpha value is 0.260. The van der Waals surface area contributed by atoms with Gasteiger partial charge in [-0.2, -0.15) is 0 Å². The Balaban J connectivity index is 2.87. The molecular weight excluding hydrogens is 405 g/mol. The zero-order chi connectivity index (χ0) is 13.7. The highest BCUT2D eigenvalue weighted by Gasteiger charge is 2.10. The summed E-state index contributed by atoms with van der Waals surface area (Å²) in [4.78, 5) is 0. The summed E-state index contributed by atoms with van der Waals surface area (Å²) in [6.07, 6.45) is 0.805. The second kappa shape index (κ2) is 7.75. The fraction of sp³-hybridized carbons (Fsp3) is 0.333. The Kier molecular flexibility index (Phi) is 7.03. The van der Waals surface area contributed by atoms with E-state index >= 15 is 0 Å². The topological polar surface area (TPSA) is 35.2 Å². The van der Waals surface area contributed by atoms with Crippen LogP contribution >= 0.6 is 55.1 Å². The van der Waals surface area contributed by atoms with Gasteiger partial charge in [0, 0.05) is 11.6 Å². The number of ether oxygens (including phenoxy) is 1. The number of nitrogens with two attached hydrogens (primary N) is 1. The summed E-state index contributed by atoms with van der Waals surface area (Å²) in [6.45, 7) is 2.20. The minimum absolute atomic E-state index is 0.115. The van der Waals surface area contributed by atoms with E-state index < -0.39 is 0 Å². The van der Waals surface area contributed by atoms with E-state index in [0.717, 1.165) is 20.9 Å². The van der Waals surface area contributed by atoms with Crippen molar-refractivity contribution in [1.29, 1.82) is 0 Å². The monoisotopic (exact) mass is 415 g/mol. The average molecular weight is 418 g/mol. The standard InChI is InChI=1S/C12H13Br2Cl2NO/c1-7(17)2-8-3-10(13)12(11(14)4-8)18-6-9(16)5-15/h3-5,7H,2,6,17H2,1H3/b9-5-. The molecule has 0 amide bonds. The molecule has 0 radical (unpaired) electrons. The van der Waals surface area contributed by atoms with Crippen molar-refractivity contribution in [2.75, 3.05) is 6.61 Å². The zero-order valence-electron chi connectivity index (χ0n) is 9.72. The fourth-order valence-electron chi connectivity index (χ4n) is 1.41. The van der Waals surface area contributed by atoms with E-state index in [0.29, 0.717) is 10.8 Å². The summed E-state index contributed by atoms with van der Waals surface area (Å²) < 4.78 is 7.28. The quantitative estimate of drug-likeness (QED) is 0.746. The summed E-state index contributed by atoms with van der Waals surface area (Å²) in [5.74, 6) is 0.695. The molecule has 0 saturated carbocycles. The summed E-state index contributed by atoms with van der Waals surface area (Å²) >= 11 is 18.2. The maximum absolute atomic E-state index is 5.78. The molecule has 0 bridgehead atoms. The minimum Gasteiger partial charge on any atom is -0.486 e. The van der Waals surface area contributed by atoms with E-state index in [4.69, 9.17) is 33.7 Å².